The Morgan fingerprint density at radius 2 is 1.83 bits per heavy atom. The van der Waals surface area contributed by atoms with E-state index in [0.29, 0.717) is 11.7 Å². The molecule has 2 aliphatic carbocycles. The van der Waals surface area contributed by atoms with Crippen LogP contribution < -0.4 is 0 Å². The summed E-state index contributed by atoms with van der Waals surface area (Å²) in [5, 5.41) is 0. The lowest BCUT2D eigenvalue weighted by molar-refractivity contribution is -0.125. The van der Waals surface area contributed by atoms with E-state index in [2.05, 4.69) is 31.9 Å². The zero-order chi connectivity index (χ0) is 13.0. The van der Waals surface area contributed by atoms with Crippen molar-refractivity contribution in [2.75, 3.05) is 13.1 Å². The summed E-state index contributed by atoms with van der Waals surface area (Å²) < 4.78 is 0. The Balaban J connectivity index is 1.90. The molecule has 2 saturated carbocycles. The van der Waals surface area contributed by atoms with Crippen LogP contribution in [0.1, 0.15) is 52.9 Å². The number of rotatable bonds is 1. The van der Waals surface area contributed by atoms with E-state index >= 15 is 0 Å². The molecule has 0 aromatic heterocycles. The van der Waals surface area contributed by atoms with Crippen molar-refractivity contribution >= 4 is 5.78 Å². The van der Waals surface area contributed by atoms with Gasteiger partial charge in [-0.2, -0.15) is 0 Å². The SMILES string of the molecule is CC1(C)[C@@H]2CC[C@@]1(C)C(=O)C2=CN1CCCCC1. The molecule has 1 aliphatic heterocycles. The van der Waals surface area contributed by atoms with Crippen LogP contribution in [0.5, 0.6) is 0 Å². The highest BCUT2D eigenvalue weighted by atomic mass is 16.1. The van der Waals surface area contributed by atoms with Crippen LogP contribution in [0.2, 0.25) is 0 Å². The molecule has 3 rings (SSSR count). The van der Waals surface area contributed by atoms with Crippen molar-refractivity contribution in [3.05, 3.63) is 11.8 Å². The predicted octanol–water partition coefficient (Wildman–Crippen LogP) is 3.38. The van der Waals surface area contributed by atoms with E-state index in [9.17, 15) is 4.79 Å². The Labute approximate surface area is 110 Å². The van der Waals surface area contributed by atoms with Crippen LogP contribution in [0, 0.1) is 16.7 Å². The van der Waals surface area contributed by atoms with E-state index in [1.165, 1.54) is 25.7 Å². The molecule has 3 fully saturated rings. The van der Waals surface area contributed by atoms with E-state index in [-0.39, 0.29) is 10.8 Å². The minimum absolute atomic E-state index is 0.0979. The van der Waals surface area contributed by atoms with E-state index in [1.54, 1.807) is 0 Å². The number of nitrogens with zero attached hydrogens (tertiary/aromatic N) is 1. The van der Waals surface area contributed by atoms with Crippen LogP contribution >= 0.6 is 0 Å². The molecule has 18 heavy (non-hydrogen) atoms. The second-order valence-electron chi connectivity index (χ2n) is 7.16. The Hall–Kier alpha value is -0.790. The Morgan fingerprint density at radius 1 is 1.17 bits per heavy atom. The van der Waals surface area contributed by atoms with Crippen LogP contribution in [0.15, 0.2) is 11.8 Å². The maximum Gasteiger partial charge on any atom is 0.167 e. The average Bonchev–Trinajstić information content (AvgIpc) is 2.65. The number of allylic oxidation sites excluding steroid dienone is 1. The minimum Gasteiger partial charge on any atom is -0.377 e. The van der Waals surface area contributed by atoms with Gasteiger partial charge in [0.2, 0.25) is 0 Å². The van der Waals surface area contributed by atoms with Crippen molar-refractivity contribution < 1.29 is 4.79 Å². The summed E-state index contributed by atoms with van der Waals surface area (Å²) in [7, 11) is 0. The third kappa shape index (κ3) is 1.44. The Kier molecular flexibility index (Phi) is 2.62. The molecule has 1 heterocycles. The maximum absolute atomic E-state index is 12.7. The number of hydrogen-bond donors (Lipinski definition) is 0. The first-order chi connectivity index (χ1) is 8.47. The monoisotopic (exact) mass is 247 g/mol. The van der Waals surface area contributed by atoms with E-state index in [4.69, 9.17) is 0 Å². The summed E-state index contributed by atoms with van der Waals surface area (Å²) in [6.45, 7) is 9.05. The van der Waals surface area contributed by atoms with Crippen molar-refractivity contribution in [2.45, 2.75) is 52.9 Å². The van der Waals surface area contributed by atoms with E-state index in [1.807, 2.05) is 0 Å². The molecule has 2 nitrogen and oxygen atoms in total. The quantitative estimate of drug-likeness (QED) is 0.662. The van der Waals surface area contributed by atoms with Crippen LogP contribution in [0.25, 0.3) is 0 Å². The lowest BCUT2D eigenvalue weighted by atomic mass is 9.70. The van der Waals surface area contributed by atoms with Gasteiger partial charge >= 0.3 is 0 Å². The molecule has 2 heteroatoms. The molecule has 3 aliphatic rings. The third-order valence-corrected chi connectivity index (χ3v) is 6.08. The second-order valence-corrected chi connectivity index (χ2v) is 7.16. The largest absolute Gasteiger partial charge is 0.377 e. The summed E-state index contributed by atoms with van der Waals surface area (Å²) in [5.74, 6) is 0.936. The van der Waals surface area contributed by atoms with Gasteiger partial charge in [0.1, 0.15) is 0 Å². The third-order valence-electron chi connectivity index (χ3n) is 6.08. The fraction of sp³-hybridized carbons (Fsp3) is 0.812. The number of fused-ring (bicyclic) bond motifs is 2. The summed E-state index contributed by atoms with van der Waals surface area (Å²) in [6.07, 6.45) is 8.42. The van der Waals surface area contributed by atoms with Crippen molar-refractivity contribution in [2.24, 2.45) is 16.7 Å². The average molecular weight is 247 g/mol. The molecule has 2 bridgehead atoms. The molecular formula is C16H25NO. The number of Topliss-reactive ketones (excluding diaryl/α,β-unsaturated/α-hetero) is 1. The highest BCUT2D eigenvalue weighted by Gasteiger charge is 2.64. The number of carbonyl (C=O) groups excluding carboxylic acids is 1. The second kappa shape index (κ2) is 3.85. The molecule has 0 N–H and O–H groups in total. The lowest BCUT2D eigenvalue weighted by Crippen LogP contribution is -2.32. The van der Waals surface area contributed by atoms with Crippen molar-refractivity contribution in [1.29, 1.82) is 0 Å². The molecule has 0 aromatic carbocycles. The van der Waals surface area contributed by atoms with Gasteiger partial charge in [0.05, 0.1) is 0 Å². The number of piperidine rings is 1. The molecule has 0 spiro atoms. The zero-order valence-electron chi connectivity index (χ0n) is 12.0. The predicted molar refractivity (Wildman–Crippen MR) is 73.1 cm³/mol. The van der Waals surface area contributed by atoms with Crippen LogP contribution in [0.4, 0.5) is 0 Å². The van der Waals surface area contributed by atoms with Gasteiger partial charge in [-0.25, -0.2) is 0 Å². The molecule has 1 saturated heterocycles. The van der Waals surface area contributed by atoms with Crippen LogP contribution in [-0.4, -0.2) is 23.8 Å². The number of likely N-dealkylation sites (tertiary alicyclic amines) is 1. The van der Waals surface area contributed by atoms with Gasteiger partial charge in [-0.3, -0.25) is 4.79 Å². The number of ketones is 1. The summed E-state index contributed by atoms with van der Waals surface area (Å²) in [4.78, 5) is 15.1. The molecule has 0 aromatic rings. The highest BCUT2D eigenvalue weighted by Crippen LogP contribution is 2.65. The lowest BCUT2D eigenvalue weighted by Gasteiger charge is -2.31. The topological polar surface area (TPSA) is 20.3 Å². The van der Waals surface area contributed by atoms with Gasteiger partial charge in [-0.1, -0.05) is 20.8 Å². The molecule has 0 unspecified atom stereocenters. The van der Waals surface area contributed by atoms with Crippen molar-refractivity contribution in [3.8, 4) is 0 Å². The van der Waals surface area contributed by atoms with Gasteiger partial charge in [0.25, 0.3) is 0 Å². The first kappa shape index (κ1) is 12.3. The van der Waals surface area contributed by atoms with Gasteiger partial charge in [0, 0.05) is 30.3 Å². The maximum atomic E-state index is 12.7. The van der Waals surface area contributed by atoms with Crippen molar-refractivity contribution in [3.63, 3.8) is 0 Å². The number of carbonyl (C=O) groups is 1. The Morgan fingerprint density at radius 3 is 2.39 bits per heavy atom. The first-order valence-corrected chi connectivity index (χ1v) is 7.47. The summed E-state index contributed by atoms with van der Waals surface area (Å²) >= 11 is 0. The molecule has 100 valence electrons. The molecule has 0 radical (unpaired) electrons. The van der Waals surface area contributed by atoms with Crippen molar-refractivity contribution in [1.82, 2.24) is 4.90 Å². The Bertz CT molecular complexity index is 403. The van der Waals surface area contributed by atoms with Gasteiger partial charge < -0.3 is 4.90 Å². The summed E-state index contributed by atoms with van der Waals surface area (Å²) in [5.41, 5.74) is 1.20. The standard InChI is InChI=1S/C16H25NO/c1-15(2)13-7-8-16(15,3)14(18)12(13)11-17-9-5-4-6-10-17/h11,13H,4-10H2,1-3H3/t13-,16+/m1/s1. The smallest absolute Gasteiger partial charge is 0.167 e. The number of hydrogen-bond acceptors (Lipinski definition) is 2. The van der Waals surface area contributed by atoms with Crippen LogP contribution in [0.3, 0.4) is 0 Å². The summed E-state index contributed by atoms with van der Waals surface area (Å²) in [6, 6.07) is 0. The van der Waals surface area contributed by atoms with E-state index < -0.39 is 0 Å². The molecule has 0 amide bonds. The van der Waals surface area contributed by atoms with Gasteiger partial charge in [-0.15, -0.1) is 0 Å². The fourth-order valence-corrected chi connectivity index (χ4v) is 4.32. The van der Waals surface area contributed by atoms with E-state index in [0.717, 1.165) is 25.1 Å². The minimum atomic E-state index is -0.0979. The van der Waals surface area contributed by atoms with Crippen LogP contribution in [-0.2, 0) is 4.79 Å². The zero-order valence-corrected chi connectivity index (χ0v) is 12.0. The molecule has 2 atom stereocenters. The normalized spacial score (nSPS) is 40.8. The van der Waals surface area contributed by atoms with Gasteiger partial charge in [-0.05, 0) is 43.4 Å². The van der Waals surface area contributed by atoms with Gasteiger partial charge in [0.15, 0.2) is 5.78 Å². The first-order valence-electron chi connectivity index (χ1n) is 7.47. The fourth-order valence-electron chi connectivity index (χ4n) is 4.32. The molecular weight excluding hydrogens is 222 g/mol. The highest BCUT2D eigenvalue weighted by molar-refractivity contribution is 6.04.